The van der Waals surface area contributed by atoms with E-state index in [9.17, 15) is 0 Å². The predicted molar refractivity (Wildman–Crippen MR) is 42.0 cm³/mol. The van der Waals surface area contributed by atoms with E-state index in [1.165, 1.54) is 0 Å². The van der Waals surface area contributed by atoms with Gasteiger partial charge in [0.25, 0.3) is 0 Å². The Kier molecular flexibility index (Phi) is 6.98. The zero-order valence-corrected chi connectivity index (χ0v) is 6.97. The summed E-state index contributed by atoms with van der Waals surface area (Å²) in [5.41, 5.74) is 0. The van der Waals surface area contributed by atoms with Gasteiger partial charge < -0.3 is 9.84 Å². The van der Waals surface area contributed by atoms with Crippen LogP contribution in [0.5, 0.6) is 0 Å². The quantitative estimate of drug-likeness (QED) is 0.576. The minimum Gasteiger partial charge on any atom is -0.393 e. The third kappa shape index (κ3) is 7.92. The van der Waals surface area contributed by atoms with Crippen LogP contribution in [-0.2, 0) is 4.74 Å². The Bertz CT molecular complexity index is 62.3. The molecule has 0 aromatic heterocycles. The molecule has 62 valence electrons. The van der Waals surface area contributed by atoms with E-state index < -0.39 is 0 Å². The van der Waals surface area contributed by atoms with Crippen molar-refractivity contribution in [3.63, 3.8) is 0 Å². The average molecular weight is 146 g/mol. The van der Waals surface area contributed by atoms with Crippen LogP contribution in [0.25, 0.3) is 0 Å². The van der Waals surface area contributed by atoms with E-state index in [1.807, 2.05) is 0 Å². The summed E-state index contributed by atoms with van der Waals surface area (Å²) >= 11 is 0. The average Bonchev–Trinajstić information content (AvgIpc) is 1.87. The number of hydrogen-bond acceptors (Lipinski definition) is 2. The van der Waals surface area contributed by atoms with Crippen molar-refractivity contribution in [3.05, 3.63) is 0 Å². The molecule has 0 radical (unpaired) electrons. The number of ether oxygens (including phenoxy) is 1. The molecular formula is C8H18O2. The number of hydrogen-bond donors (Lipinski definition) is 1. The Hall–Kier alpha value is -0.0800. The van der Waals surface area contributed by atoms with Gasteiger partial charge in [0.1, 0.15) is 0 Å². The maximum atomic E-state index is 8.85. The van der Waals surface area contributed by atoms with Crippen LogP contribution in [0.1, 0.15) is 33.1 Å². The fourth-order valence-corrected chi connectivity index (χ4v) is 0.727. The van der Waals surface area contributed by atoms with Gasteiger partial charge in [-0.2, -0.15) is 0 Å². The first-order valence-electron chi connectivity index (χ1n) is 4.03. The highest BCUT2D eigenvalue weighted by Crippen LogP contribution is 1.95. The standard InChI is InChI=1S/C8H18O2/c1-3-6-10-7-4-5-8(2)9/h8-9H,3-7H2,1-2H3/t8-/m1/s1. The van der Waals surface area contributed by atoms with Crippen LogP contribution >= 0.6 is 0 Å². The molecular weight excluding hydrogens is 128 g/mol. The van der Waals surface area contributed by atoms with Crippen LogP contribution in [0.3, 0.4) is 0 Å². The van der Waals surface area contributed by atoms with Crippen molar-refractivity contribution in [3.8, 4) is 0 Å². The monoisotopic (exact) mass is 146 g/mol. The van der Waals surface area contributed by atoms with Gasteiger partial charge in [-0.05, 0) is 26.2 Å². The Labute approximate surface area is 63.2 Å². The van der Waals surface area contributed by atoms with Gasteiger partial charge in [-0.1, -0.05) is 6.92 Å². The fourth-order valence-electron chi connectivity index (χ4n) is 0.727. The molecule has 1 atom stereocenters. The van der Waals surface area contributed by atoms with Crippen molar-refractivity contribution in [2.24, 2.45) is 0 Å². The fraction of sp³-hybridized carbons (Fsp3) is 1.00. The molecule has 0 heterocycles. The highest BCUT2D eigenvalue weighted by Gasteiger charge is 1.93. The lowest BCUT2D eigenvalue weighted by atomic mass is 10.2. The summed E-state index contributed by atoms with van der Waals surface area (Å²) in [4.78, 5) is 0. The van der Waals surface area contributed by atoms with Gasteiger partial charge in [-0.15, -0.1) is 0 Å². The summed E-state index contributed by atoms with van der Waals surface area (Å²) in [7, 11) is 0. The minimum absolute atomic E-state index is 0.176. The Morgan fingerprint density at radius 2 is 2.10 bits per heavy atom. The SMILES string of the molecule is CCCOCCC[C@@H](C)O. The van der Waals surface area contributed by atoms with E-state index in [2.05, 4.69) is 6.92 Å². The van der Waals surface area contributed by atoms with Gasteiger partial charge in [-0.3, -0.25) is 0 Å². The summed E-state index contributed by atoms with van der Waals surface area (Å²) < 4.78 is 5.22. The van der Waals surface area contributed by atoms with Crippen LogP contribution in [0.15, 0.2) is 0 Å². The second-order valence-electron chi connectivity index (χ2n) is 2.60. The second kappa shape index (κ2) is 7.03. The smallest absolute Gasteiger partial charge is 0.0513 e. The molecule has 0 aliphatic rings. The first kappa shape index (κ1) is 9.92. The van der Waals surface area contributed by atoms with Gasteiger partial charge >= 0.3 is 0 Å². The van der Waals surface area contributed by atoms with Crippen molar-refractivity contribution in [1.82, 2.24) is 0 Å². The van der Waals surface area contributed by atoms with Crippen molar-refractivity contribution in [2.45, 2.75) is 39.2 Å². The Morgan fingerprint density at radius 1 is 1.40 bits per heavy atom. The molecule has 0 unspecified atom stereocenters. The van der Waals surface area contributed by atoms with E-state index in [-0.39, 0.29) is 6.10 Å². The summed E-state index contributed by atoms with van der Waals surface area (Å²) in [6, 6.07) is 0. The Morgan fingerprint density at radius 3 is 2.60 bits per heavy atom. The maximum absolute atomic E-state index is 8.85. The molecule has 2 nitrogen and oxygen atoms in total. The minimum atomic E-state index is -0.176. The van der Waals surface area contributed by atoms with Crippen molar-refractivity contribution in [2.75, 3.05) is 13.2 Å². The molecule has 0 aliphatic carbocycles. The van der Waals surface area contributed by atoms with E-state index in [1.54, 1.807) is 6.92 Å². The molecule has 0 spiro atoms. The van der Waals surface area contributed by atoms with E-state index in [0.717, 1.165) is 32.5 Å². The number of rotatable bonds is 6. The van der Waals surface area contributed by atoms with Crippen LogP contribution in [0.2, 0.25) is 0 Å². The van der Waals surface area contributed by atoms with Crippen molar-refractivity contribution in [1.29, 1.82) is 0 Å². The highest BCUT2D eigenvalue weighted by molar-refractivity contribution is 4.45. The van der Waals surface area contributed by atoms with Gasteiger partial charge in [0, 0.05) is 13.2 Å². The van der Waals surface area contributed by atoms with E-state index in [4.69, 9.17) is 9.84 Å². The third-order valence-electron chi connectivity index (χ3n) is 1.26. The van der Waals surface area contributed by atoms with Crippen LogP contribution in [0, 0.1) is 0 Å². The zero-order valence-electron chi connectivity index (χ0n) is 6.97. The zero-order chi connectivity index (χ0) is 7.82. The van der Waals surface area contributed by atoms with Crippen LogP contribution in [-0.4, -0.2) is 24.4 Å². The molecule has 0 saturated carbocycles. The van der Waals surface area contributed by atoms with Gasteiger partial charge in [0.05, 0.1) is 6.10 Å². The first-order chi connectivity index (χ1) is 4.77. The summed E-state index contributed by atoms with van der Waals surface area (Å²) in [6.45, 7) is 5.53. The van der Waals surface area contributed by atoms with Gasteiger partial charge in [0.2, 0.25) is 0 Å². The summed E-state index contributed by atoms with van der Waals surface area (Å²) in [5.74, 6) is 0. The number of aliphatic hydroxyl groups excluding tert-OH is 1. The molecule has 0 aliphatic heterocycles. The van der Waals surface area contributed by atoms with Gasteiger partial charge in [0.15, 0.2) is 0 Å². The van der Waals surface area contributed by atoms with Crippen LogP contribution < -0.4 is 0 Å². The van der Waals surface area contributed by atoms with Crippen LogP contribution in [0.4, 0.5) is 0 Å². The molecule has 0 saturated heterocycles. The van der Waals surface area contributed by atoms with E-state index >= 15 is 0 Å². The molecule has 0 aromatic rings. The molecule has 0 rings (SSSR count). The lowest BCUT2D eigenvalue weighted by molar-refractivity contribution is 0.112. The molecule has 2 heteroatoms. The molecule has 0 fully saturated rings. The lowest BCUT2D eigenvalue weighted by Crippen LogP contribution is -2.02. The molecule has 0 bridgehead atoms. The molecule has 0 aromatic carbocycles. The number of aliphatic hydroxyl groups is 1. The maximum Gasteiger partial charge on any atom is 0.0513 e. The third-order valence-corrected chi connectivity index (χ3v) is 1.26. The topological polar surface area (TPSA) is 29.5 Å². The normalized spacial score (nSPS) is 13.5. The van der Waals surface area contributed by atoms with Gasteiger partial charge in [-0.25, -0.2) is 0 Å². The largest absolute Gasteiger partial charge is 0.393 e. The van der Waals surface area contributed by atoms with Crippen molar-refractivity contribution >= 4 is 0 Å². The lowest BCUT2D eigenvalue weighted by Gasteiger charge is -2.03. The second-order valence-corrected chi connectivity index (χ2v) is 2.60. The summed E-state index contributed by atoms with van der Waals surface area (Å²) in [5, 5.41) is 8.85. The molecule has 1 N–H and O–H groups in total. The van der Waals surface area contributed by atoms with E-state index in [0.29, 0.717) is 0 Å². The van der Waals surface area contributed by atoms with Crippen molar-refractivity contribution < 1.29 is 9.84 Å². The molecule has 10 heavy (non-hydrogen) atoms. The summed E-state index contributed by atoms with van der Waals surface area (Å²) in [6.07, 6.45) is 2.72. The first-order valence-corrected chi connectivity index (χ1v) is 4.03. The molecule has 0 amide bonds. The Balaban J connectivity index is 2.77. The predicted octanol–water partition coefficient (Wildman–Crippen LogP) is 1.57. The highest BCUT2D eigenvalue weighted by atomic mass is 16.5.